The average molecular weight is 521 g/mol. The lowest BCUT2D eigenvalue weighted by Crippen LogP contribution is -2.04. The molecule has 2 heterocycles. The quantitative estimate of drug-likeness (QED) is 0.267. The van der Waals surface area contributed by atoms with Crippen LogP contribution >= 0.6 is 0 Å². The molecule has 40 heavy (non-hydrogen) atoms. The molecule has 4 aromatic rings. The Morgan fingerprint density at radius 1 is 0.300 bits per heavy atom. The minimum absolute atomic E-state index is 0.822. The molecule has 0 spiro atoms. The highest BCUT2D eigenvalue weighted by Gasteiger charge is 2.21. The molecule has 2 nitrogen and oxygen atoms in total. The predicted molar refractivity (Wildman–Crippen MR) is 166 cm³/mol. The van der Waals surface area contributed by atoms with Crippen LogP contribution in [0.3, 0.4) is 0 Å². The van der Waals surface area contributed by atoms with Crippen LogP contribution in [0, 0.1) is 27.7 Å². The standard InChI is InChI=1S/C38H32O2/c1-25-5-13-29(14-6-25)35-21-33(22-36(39-35)30-15-7-26(2)8-16-30)34-23-37(31-17-9-27(3)10-18-31)40-38(24-34)32-19-11-28(4)12-20-32/h5-24H,1-4H3. The summed E-state index contributed by atoms with van der Waals surface area (Å²) in [6, 6.07) is 33.9. The van der Waals surface area contributed by atoms with Crippen molar-refractivity contribution in [1.82, 2.24) is 0 Å². The van der Waals surface area contributed by atoms with Gasteiger partial charge in [-0.2, -0.15) is 0 Å². The normalized spacial score (nSPS) is 14.9. The summed E-state index contributed by atoms with van der Waals surface area (Å²) in [5.74, 6) is 3.29. The first-order valence-corrected chi connectivity index (χ1v) is 13.7. The molecule has 0 unspecified atom stereocenters. The summed E-state index contributed by atoms with van der Waals surface area (Å²) >= 11 is 0. The summed E-state index contributed by atoms with van der Waals surface area (Å²) in [6.45, 7) is 8.40. The van der Waals surface area contributed by atoms with E-state index in [9.17, 15) is 0 Å². The van der Waals surface area contributed by atoms with E-state index in [0.29, 0.717) is 0 Å². The van der Waals surface area contributed by atoms with Crippen molar-refractivity contribution >= 4 is 23.0 Å². The first-order valence-electron chi connectivity index (χ1n) is 13.7. The minimum atomic E-state index is 0.822. The molecule has 0 aromatic heterocycles. The number of ether oxygens (including phenoxy) is 2. The second-order valence-corrected chi connectivity index (χ2v) is 10.6. The van der Waals surface area contributed by atoms with E-state index >= 15 is 0 Å². The van der Waals surface area contributed by atoms with Crippen LogP contribution in [-0.2, 0) is 9.47 Å². The molecule has 2 aliphatic rings. The Kier molecular flexibility index (Phi) is 6.84. The molecule has 0 fully saturated rings. The van der Waals surface area contributed by atoms with E-state index in [1.54, 1.807) is 0 Å². The Bertz CT molecular complexity index is 1450. The summed E-state index contributed by atoms with van der Waals surface area (Å²) in [5, 5.41) is 0. The van der Waals surface area contributed by atoms with Gasteiger partial charge in [0.1, 0.15) is 23.0 Å². The van der Waals surface area contributed by atoms with Crippen molar-refractivity contribution in [3.05, 3.63) is 177 Å². The van der Waals surface area contributed by atoms with Gasteiger partial charge in [-0.25, -0.2) is 0 Å². The monoisotopic (exact) mass is 520 g/mol. The zero-order valence-electron chi connectivity index (χ0n) is 23.4. The molecule has 0 amide bonds. The summed E-state index contributed by atoms with van der Waals surface area (Å²) in [5.41, 5.74) is 11.2. The first kappa shape index (κ1) is 25.5. The smallest absolute Gasteiger partial charge is 0.135 e. The number of hydrogen-bond acceptors (Lipinski definition) is 2. The zero-order chi connectivity index (χ0) is 27.6. The van der Waals surface area contributed by atoms with Gasteiger partial charge in [-0.15, -0.1) is 0 Å². The van der Waals surface area contributed by atoms with Gasteiger partial charge >= 0.3 is 0 Å². The van der Waals surface area contributed by atoms with Gasteiger partial charge in [0.2, 0.25) is 0 Å². The Balaban J connectivity index is 1.54. The summed E-state index contributed by atoms with van der Waals surface area (Å²) < 4.78 is 13.0. The predicted octanol–water partition coefficient (Wildman–Crippen LogP) is 9.74. The van der Waals surface area contributed by atoms with Crippen LogP contribution in [0.1, 0.15) is 44.5 Å². The number of rotatable bonds is 4. The van der Waals surface area contributed by atoms with Crippen LogP contribution in [0.5, 0.6) is 0 Å². The van der Waals surface area contributed by atoms with E-state index in [4.69, 9.17) is 9.47 Å². The number of benzene rings is 4. The summed E-state index contributed by atoms with van der Waals surface area (Å²) in [4.78, 5) is 0. The van der Waals surface area contributed by atoms with E-state index in [2.05, 4.69) is 149 Å². The highest BCUT2D eigenvalue weighted by Crippen LogP contribution is 2.38. The maximum absolute atomic E-state index is 6.52. The summed E-state index contributed by atoms with van der Waals surface area (Å²) in [6.07, 6.45) is 8.54. The SMILES string of the molecule is Cc1ccc(C2=CC(=C3C=C(c4ccc(C)cc4)OC(c4ccc(C)cc4)=C3)C=C(c3ccc(C)cc3)O2)cc1. The van der Waals surface area contributed by atoms with Crippen molar-refractivity contribution in [2.75, 3.05) is 0 Å². The van der Waals surface area contributed by atoms with E-state index in [1.165, 1.54) is 22.3 Å². The van der Waals surface area contributed by atoms with E-state index < -0.39 is 0 Å². The highest BCUT2D eigenvalue weighted by atomic mass is 16.5. The number of aryl methyl sites for hydroxylation is 4. The van der Waals surface area contributed by atoms with Crippen molar-refractivity contribution in [2.24, 2.45) is 0 Å². The Labute approximate surface area is 236 Å². The van der Waals surface area contributed by atoms with Gasteiger partial charge in [0, 0.05) is 22.3 Å². The fourth-order valence-electron chi connectivity index (χ4n) is 4.78. The fourth-order valence-corrected chi connectivity index (χ4v) is 4.78. The van der Waals surface area contributed by atoms with Crippen LogP contribution < -0.4 is 0 Å². The highest BCUT2D eigenvalue weighted by molar-refractivity contribution is 5.83. The topological polar surface area (TPSA) is 18.5 Å². The van der Waals surface area contributed by atoms with Crippen molar-refractivity contribution in [3.63, 3.8) is 0 Å². The third kappa shape index (κ3) is 5.48. The van der Waals surface area contributed by atoms with Crippen molar-refractivity contribution in [3.8, 4) is 0 Å². The van der Waals surface area contributed by atoms with E-state index in [0.717, 1.165) is 56.4 Å². The third-order valence-electron chi connectivity index (χ3n) is 7.26. The molecule has 196 valence electrons. The lowest BCUT2D eigenvalue weighted by atomic mass is 9.96. The molecule has 0 bridgehead atoms. The van der Waals surface area contributed by atoms with Gasteiger partial charge in [0.05, 0.1) is 0 Å². The lowest BCUT2D eigenvalue weighted by molar-refractivity contribution is 0.464. The molecule has 0 radical (unpaired) electrons. The average Bonchev–Trinajstić information content (AvgIpc) is 2.98. The molecule has 0 saturated carbocycles. The molecule has 0 saturated heterocycles. The van der Waals surface area contributed by atoms with Crippen LogP contribution in [0.25, 0.3) is 23.0 Å². The van der Waals surface area contributed by atoms with E-state index in [-0.39, 0.29) is 0 Å². The molecule has 6 rings (SSSR count). The number of allylic oxidation sites excluding steroid dienone is 6. The van der Waals surface area contributed by atoms with Gasteiger partial charge in [0.15, 0.2) is 0 Å². The van der Waals surface area contributed by atoms with Crippen LogP contribution in [-0.4, -0.2) is 0 Å². The fraction of sp³-hybridized carbons (Fsp3) is 0.105. The maximum atomic E-state index is 6.52. The van der Waals surface area contributed by atoms with Gasteiger partial charge in [-0.1, -0.05) is 119 Å². The largest absolute Gasteiger partial charge is 0.456 e. The molecular weight excluding hydrogens is 488 g/mol. The van der Waals surface area contributed by atoms with Crippen LogP contribution in [0.15, 0.2) is 133 Å². The van der Waals surface area contributed by atoms with Crippen molar-refractivity contribution in [1.29, 1.82) is 0 Å². The second kappa shape index (κ2) is 10.7. The molecule has 2 heteroatoms. The lowest BCUT2D eigenvalue weighted by Gasteiger charge is -2.23. The Morgan fingerprint density at radius 3 is 0.700 bits per heavy atom. The molecule has 0 N–H and O–H groups in total. The maximum Gasteiger partial charge on any atom is 0.135 e. The number of hydrogen-bond donors (Lipinski definition) is 0. The molecular formula is C38H32O2. The van der Waals surface area contributed by atoms with Gasteiger partial charge in [-0.3, -0.25) is 0 Å². The third-order valence-corrected chi connectivity index (χ3v) is 7.26. The zero-order valence-corrected chi connectivity index (χ0v) is 23.4. The van der Waals surface area contributed by atoms with Crippen molar-refractivity contribution in [2.45, 2.75) is 27.7 Å². The second-order valence-electron chi connectivity index (χ2n) is 10.6. The van der Waals surface area contributed by atoms with Gasteiger partial charge in [0.25, 0.3) is 0 Å². The molecule has 2 aliphatic heterocycles. The molecule has 4 aromatic carbocycles. The Hall–Kier alpha value is -4.82. The Morgan fingerprint density at radius 2 is 0.500 bits per heavy atom. The minimum Gasteiger partial charge on any atom is -0.456 e. The van der Waals surface area contributed by atoms with Gasteiger partial charge in [-0.05, 0) is 63.1 Å². The summed E-state index contributed by atoms with van der Waals surface area (Å²) in [7, 11) is 0. The van der Waals surface area contributed by atoms with E-state index in [1.807, 2.05) is 0 Å². The van der Waals surface area contributed by atoms with Gasteiger partial charge < -0.3 is 9.47 Å². The first-order chi connectivity index (χ1) is 19.4. The van der Waals surface area contributed by atoms with Crippen molar-refractivity contribution < 1.29 is 9.47 Å². The van der Waals surface area contributed by atoms with Crippen LogP contribution in [0.2, 0.25) is 0 Å². The molecule has 0 atom stereocenters. The van der Waals surface area contributed by atoms with Crippen LogP contribution in [0.4, 0.5) is 0 Å². The molecule has 0 aliphatic carbocycles.